The highest BCUT2D eigenvalue weighted by atomic mass is 16.5. The molecule has 6 heteroatoms. The second kappa shape index (κ2) is 5.59. The molecule has 0 N–H and O–H groups in total. The van der Waals surface area contributed by atoms with Gasteiger partial charge in [-0.2, -0.15) is 5.26 Å². The topological polar surface area (TPSA) is 79.1 Å². The molecule has 1 aliphatic rings. The van der Waals surface area contributed by atoms with Crippen LogP contribution in [0.3, 0.4) is 0 Å². The van der Waals surface area contributed by atoms with Gasteiger partial charge in [0.2, 0.25) is 5.88 Å². The Hall–Kier alpha value is -2.94. The van der Waals surface area contributed by atoms with Crippen LogP contribution in [0.15, 0.2) is 42.9 Å². The molecule has 2 aromatic rings. The fourth-order valence-corrected chi connectivity index (χ4v) is 2.08. The van der Waals surface area contributed by atoms with Gasteiger partial charge in [0.05, 0.1) is 13.1 Å². The molecule has 2 aromatic heterocycles. The number of pyridine rings is 2. The van der Waals surface area contributed by atoms with Gasteiger partial charge < -0.3 is 9.64 Å². The van der Waals surface area contributed by atoms with Gasteiger partial charge in [0.25, 0.3) is 5.91 Å². The van der Waals surface area contributed by atoms with Crippen molar-refractivity contribution in [3.8, 4) is 11.9 Å². The van der Waals surface area contributed by atoms with Crippen molar-refractivity contribution in [1.82, 2.24) is 14.9 Å². The van der Waals surface area contributed by atoms with Crippen molar-refractivity contribution >= 4 is 5.91 Å². The highest BCUT2D eigenvalue weighted by Crippen LogP contribution is 2.20. The lowest BCUT2D eigenvalue weighted by Crippen LogP contribution is -2.56. The lowest BCUT2D eigenvalue weighted by Gasteiger charge is -2.38. The smallest absolute Gasteiger partial charge is 0.254 e. The third kappa shape index (κ3) is 2.67. The standard InChI is InChI=1S/C15H12N4O2/c16-8-12-2-1-5-18-14(12)21-13-9-19(10-13)15(20)11-3-6-17-7-4-11/h1-7,13H,9-10H2. The zero-order valence-corrected chi connectivity index (χ0v) is 11.1. The number of aromatic nitrogens is 2. The number of nitrogens with zero attached hydrogens (tertiary/aromatic N) is 4. The first-order valence-electron chi connectivity index (χ1n) is 6.49. The first-order valence-corrected chi connectivity index (χ1v) is 6.49. The number of amides is 1. The van der Waals surface area contributed by atoms with E-state index in [-0.39, 0.29) is 12.0 Å². The van der Waals surface area contributed by atoms with Crippen molar-refractivity contribution in [2.24, 2.45) is 0 Å². The molecule has 0 radical (unpaired) electrons. The number of nitriles is 1. The molecule has 0 saturated carbocycles. The summed E-state index contributed by atoms with van der Waals surface area (Å²) in [5, 5.41) is 8.97. The van der Waals surface area contributed by atoms with Crippen molar-refractivity contribution in [1.29, 1.82) is 5.26 Å². The second-order valence-electron chi connectivity index (χ2n) is 4.65. The summed E-state index contributed by atoms with van der Waals surface area (Å²) in [6.45, 7) is 0.977. The molecule has 3 heterocycles. The Bertz CT molecular complexity index is 690. The number of carbonyl (C=O) groups is 1. The van der Waals surface area contributed by atoms with Crippen LogP contribution in [0.25, 0.3) is 0 Å². The molecule has 0 spiro atoms. The second-order valence-corrected chi connectivity index (χ2v) is 4.65. The zero-order chi connectivity index (χ0) is 14.7. The van der Waals surface area contributed by atoms with Gasteiger partial charge in [-0.1, -0.05) is 0 Å². The Morgan fingerprint density at radius 3 is 2.76 bits per heavy atom. The first kappa shape index (κ1) is 13.1. The van der Waals surface area contributed by atoms with Crippen LogP contribution in [0, 0.1) is 11.3 Å². The van der Waals surface area contributed by atoms with Crippen LogP contribution in [0.2, 0.25) is 0 Å². The lowest BCUT2D eigenvalue weighted by atomic mass is 10.1. The Kier molecular flexibility index (Phi) is 3.48. The summed E-state index contributed by atoms with van der Waals surface area (Å²) in [5.74, 6) is 0.278. The lowest BCUT2D eigenvalue weighted by molar-refractivity contribution is 0.0159. The number of likely N-dealkylation sites (tertiary alicyclic amines) is 1. The maximum Gasteiger partial charge on any atom is 0.254 e. The van der Waals surface area contributed by atoms with Gasteiger partial charge >= 0.3 is 0 Å². The van der Waals surface area contributed by atoms with E-state index in [9.17, 15) is 4.79 Å². The largest absolute Gasteiger partial charge is 0.470 e. The molecule has 6 nitrogen and oxygen atoms in total. The van der Waals surface area contributed by atoms with Crippen LogP contribution in [0.4, 0.5) is 0 Å². The van der Waals surface area contributed by atoms with Crippen molar-refractivity contribution in [2.75, 3.05) is 13.1 Å². The molecular weight excluding hydrogens is 268 g/mol. The fourth-order valence-electron chi connectivity index (χ4n) is 2.08. The Balaban J connectivity index is 1.59. The van der Waals surface area contributed by atoms with Crippen molar-refractivity contribution in [2.45, 2.75) is 6.10 Å². The Labute approximate surface area is 121 Å². The highest BCUT2D eigenvalue weighted by molar-refractivity contribution is 5.94. The van der Waals surface area contributed by atoms with E-state index in [2.05, 4.69) is 9.97 Å². The zero-order valence-electron chi connectivity index (χ0n) is 11.1. The van der Waals surface area contributed by atoms with Crippen molar-refractivity contribution < 1.29 is 9.53 Å². The van der Waals surface area contributed by atoms with Gasteiger partial charge in [-0.25, -0.2) is 4.98 Å². The van der Waals surface area contributed by atoms with Gasteiger partial charge in [-0.3, -0.25) is 9.78 Å². The summed E-state index contributed by atoms with van der Waals surface area (Å²) in [5.41, 5.74) is 1.01. The van der Waals surface area contributed by atoms with Crippen molar-refractivity contribution in [3.05, 3.63) is 54.0 Å². The van der Waals surface area contributed by atoms with E-state index in [1.54, 1.807) is 47.8 Å². The van der Waals surface area contributed by atoms with Gasteiger partial charge in [-0.15, -0.1) is 0 Å². The minimum atomic E-state index is -0.127. The maximum absolute atomic E-state index is 12.1. The minimum absolute atomic E-state index is 0.0428. The monoisotopic (exact) mass is 280 g/mol. The molecule has 1 fully saturated rings. The van der Waals surface area contributed by atoms with Crippen LogP contribution in [-0.4, -0.2) is 40.0 Å². The molecule has 0 atom stereocenters. The van der Waals surface area contributed by atoms with E-state index in [1.807, 2.05) is 6.07 Å². The molecular formula is C15H12N4O2. The molecule has 1 aliphatic heterocycles. The molecule has 0 aliphatic carbocycles. The first-order chi connectivity index (χ1) is 10.3. The van der Waals surface area contributed by atoms with Gasteiger partial charge in [-0.05, 0) is 24.3 Å². The van der Waals surface area contributed by atoms with E-state index < -0.39 is 0 Å². The Morgan fingerprint density at radius 1 is 1.29 bits per heavy atom. The van der Waals surface area contributed by atoms with E-state index in [1.165, 1.54) is 0 Å². The third-order valence-corrected chi connectivity index (χ3v) is 3.23. The van der Waals surface area contributed by atoms with E-state index in [0.717, 1.165) is 0 Å². The fraction of sp³-hybridized carbons (Fsp3) is 0.200. The third-order valence-electron chi connectivity index (χ3n) is 3.23. The number of ether oxygens (including phenoxy) is 1. The van der Waals surface area contributed by atoms with Crippen LogP contribution in [0.5, 0.6) is 5.88 Å². The molecule has 0 aromatic carbocycles. The minimum Gasteiger partial charge on any atom is -0.470 e. The number of hydrogen-bond acceptors (Lipinski definition) is 5. The summed E-state index contributed by atoms with van der Waals surface area (Å²) in [4.78, 5) is 21.7. The van der Waals surface area contributed by atoms with Gasteiger partial charge in [0.15, 0.2) is 0 Å². The molecule has 3 rings (SSSR count). The molecule has 1 saturated heterocycles. The van der Waals surface area contributed by atoms with Crippen LogP contribution >= 0.6 is 0 Å². The molecule has 104 valence electrons. The van der Waals surface area contributed by atoms with Gasteiger partial charge in [0, 0.05) is 24.2 Å². The maximum atomic E-state index is 12.1. The summed E-state index contributed by atoms with van der Waals surface area (Å²) in [6.07, 6.45) is 4.63. The van der Waals surface area contributed by atoms with Crippen molar-refractivity contribution in [3.63, 3.8) is 0 Å². The number of carbonyl (C=O) groups excluding carboxylic acids is 1. The van der Waals surface area contributed by atoms with E-state index >= 15 is 0 Å². The predicted octanol–water partition coefficient (Wildman–Crippen LogP) is 1.25. The molecule has 0 bridgehead atoms. The highest BCUT2D eigenvalue weighted by Gasteiger charge is 2.33. The molecule has 0 unspecified atom stereocenters. The SMILES string of the molecule is N#Cc1cccnc1OC1CN(C(=O)c2ccncc2)C1. The van der Waals surface area contributed by atoms with E-state index in [4.69, 9.17) is 10.00 Å². The van der Waals surface area contributed by atoms with Crippen LogP contribution in [-0.2, 0) is 0 Å². The van der Waals surface area contributed by atoms with Gasteiger partial charge in [0.1, 0.15) is 17.7 Å². The normalized spacial score (nSPS) is 14.1. The van der Waals surface area contributed by atoms with Crippen LogP contribution in [0.1, 0.15) is 15.9 Å². The predicted molar refractivity (Wildman–Crippen MR) is 73.5 cm³/mol. The summed E-state index contributed by atoms with van der Waals surface area (Å²) >= 11 is 0. The number of rotatable bonds is 3. The quantitative estimate of drug-likeness (QED) is 0.845. The number of hydrogen-bond donors (Lipinski definition) is 0. The molecule has 1 amide bonds. The van der Waals surface area contributed by atoms with E-state index in [0.29, 0.717) is 30.1 Å². The summed E-state index contributed by atoms with van der Waals surface area (Å²) in [6, 6.07) is 8.74. The summed E-state index contributed by atoms with van der Waals surface area (Å²) in [7, 11) is 0. The average Bonchev–Trinajstić information content (AvgIpc) is 2.51. The van der Waals surface area contributed by atoms with Crippen LogP contribution < -0.4 is 4.74 Å². The summed E-state index contributed by atoms with van der Waals surface area (Å²) < 4.78 is 5.65. The molecule has 21 heavy (non-hydrogen) atoms. The average molecular weight is 280 g/mol. The Morgan fingerprint density at radius 2 is 2.05 bits per heavy atom.